The van der Waals surface area contributed by atoms with Gasteiger partial charge in [0.05, 0.1) is 13.2 Å². The summed E-state index contributed by atoms with van der Waals surface area (Å²) < 4.78 is 5.39. The Bertz CT molecular complexity index is 265. The number of aliphatic hydroxyl groups is 6. The molecule has 0 spiro atoms. The van der Waals surface area contributed by atoms with E-state index in [9.17, 15) is 20.4 Å². The maximum Gasteiger partial charge on any atom is 0.114 e. The fourth-order valence-corrected chi connectivity index (χ4v) is 2.35. The summed E-state index contributed by atoms with van der Waals surface area (Å²) in [4.78, 5) is 0. The molecule has 0 radical (unpaired) electrons. The minimum Gasteiger partial charge on any atom is -0.394 e. The number of unbranched alkanes of at least 4 members (excludes halogenated alkanes) is 6. The zero-order chi connectivity index (χ0) is 17.7. The Balaban J connectivity index is 4.15. The van der Waals surface area contributed by atoms with Crippen molar-refractivity contribution in [1.29, 1.82) is 0 Å². The van der Waals surface area contributed by atoms with Crippen LogP contribution in [-0.4, -0.2) is 81.0 Å². The molecule has 7 nitrogen and oxygen atoms in total. The molecule has 0 aromatic rings. The van der Waals surface area contributed by atoms with Gasteiger partial charge < -0.3 is 35.4 Å². The normalized spacial score (nSPS) is 18.4. The first-order valence-electron chi connectivity index (χ1n) is 8.55. The first-order chi connectivity index (χ1) is 11.0. The minimum absolute atomic E-state index is 0.272. The van der Waals surface area contributed by atoms with Crippen molar-refractivity contribution in [2.45, 2.75) is 82.4 Å². The Morgan fingerprint density at radius 2 is 1.22 bits per heavy atom. The maximum atomic E-state index is 9.96. The van der Waals surface area contributed by atoms with E-state index in [1.165, 1.54) is 25.7 Å². The van der Waals surface area contributed by atoms with Crippen LogP contribution in [0.2, 0.25) is 0 Å². The molecule has 0 aliphatic carbocycles. The Kier molecular flexibility index (Phi) is 13.9. The molecule has 2 unspecified atom stereocenters. The molecule has 7 heteroatoms. The maximum absolute atomic E-state index is 9.96. The van der Waals surface area contributed by atoms with Gasteiger partial charge in [-0.2, -0.15) is 0 Å². The highest BCUT2D eigenvalue weighted by atomic mass is 16.5. The van der Waals surface area contributed by atoms with Crippen LogP contribution in [0.1, 0.15) is 51.9 Å². The molecule has 0 rings (SSSR count). The van der Waals surface area contributed by atoms with Gasteiger partial charge in [-0.25, -0.2) is 0 Å². The van der Waals surface area contributed by atoms with Crippen molar-refractivity contribution in [3.05, 3.63) is 0 Å². The van der Waals surface area contributed by atoms with Crippen molar-refractivity contribution >= 4 is 0 Å². The van der Waals surface area contributed by atoms with Gasteiger partial charge in [-0.3, -0.25) is 0 Å². The summed E-state index contributed by atoms with van der Waals surface area (Å²) >= 11 is 0. The van der Waals surface area contributed by atoms with E-state index in [0.717, 1.165) is 19.3 Å². The molecule has 0 amide bonds. The summed E-state index contributed by atoms with van der Waals surface area (Å²) in [5.74, 6) is 0. The molecule has 23 heavy (non-hydrogen) atoms. The van der Waals surface area contributed by atoms with Crippen LogP contribution in [-0.2, 0) is 4.74 Å². The lowest BCUT2D eigenvalue weighted by atomic mass is 9.99. The number of ether oxygens (including phenoxy) is 1. The lowest BCUT2D eigenvalue weighted by molar-refractivity contribution is -0.165. The van der Waals surface area contributed by atoms with Gasteiger partial charge in [-0.1, -0.05) is 45.4 Å². The Hall–Kier alpha value is -0.280. The number of rotatable bonds is 15. The molecule has 0 aliphatic heterocycles. The molecule has 0 saturated carbocycles. The van der Waals surface area contributed by atoms with Crippen molar-refractivity contribution < 1.29 is 35.4 Å². The molecule has 6 N–H and O–H groups in total. The predicted molar refractivity (Wildman–Crippen MR) is 85.9 cm³/mol. The number of aliphatic hydroxyl groups excluding tert-OH is 6. The van der Waals surface area contributed by atoms with Crippen LogP contribution < -0.4 is 0 Å². The first kappa shape index (κ1) is 22.7. The second-order valence-corrected chi connectivity index (χ2v) is 5.94. The van der Waals surface area contributed by atoms with Crippen LogP contribution in [0.4, 0.5) is 0 Å². The fourth-order valence-electron chi connectivity index (χ4n) is 2.35. The summed E-state index contributed by atoms with van der Waals surface area (Å²) in [6.45, 7) is 1.07. The van der Waals surface area contributed by atoms with E-state index >= 15 is 0 Å². The van der Waals surface area contributed by atoms with Crippen molar-refractivity contribution in [2.75, 3.05) is 19.8 Å². The van der Waals surface area contributed by atoms with Gasteiger partial charge in [-0.15, -0.1) is 0 Å². The smallest absolute Gasteiger partial charge is 0.114 e. The van der Waals surface area contributed by atoms with E-state index in [4.69, 9.17) is 14.9 Å². The predicted octanol–water partition coefficient (Wildman–Crippen LogP) is -0.450. The molecule has 0 saturated heterocycles. The summed E-state index contributed by atoms with van der Waals surface area (Å²) in [6, 6.07) is 0. The van der Waals surface area contributed by atoms with Gasteiger partial charge in [0, 0.05) is 6.61 Å². The van der Waals surface area contributed by atoms with E-state index in [0.29, 0.717) is 0 Å². The topological polar surface area (TPSA) is 131 Å². The quantitative estimate of drug-likeness (QED) is 0.223. The van der Waals surface area contributed by atoms with Crippen LogP contribution in [0.25, 0.3) is 0 Å². The second-order valence-electron chi connectivity index (χ2n) is 5.94. The highest BCUT2D eigenvalue weighted by molar-refractivity contribution is 4.85. The van der Waals surface area contributed by atoms with Gasteiger partial charge in [-0.05, 0) is 6.42 Å². The second kappa shape index (κ2) is 14.1. The molecule has 5 atom stereocenters. The van der Waals surface area contributed by atoms with Gasteiger partial charge in [0.2, 0.25) is 0 Å². The first-order valence-corrected chi connectivity index (χ1v) is 8.55. The Morgan fingerprint density at radius 3 is 1.74 bits per heavy atom. The average Bonchev–Trinajstić information content (AvgIpc) is 2.57. The summed E-state index contributed by atoms with van der Waals surface area (Å²) in [5.41, 5.74) is 0. The number of hydrogen-bond acceptors (Lipinski definition) is 7. The zero-order valence-corrected chi connectivity index (χ0v) is 14.0. The van der Waals surface area contributed by atoms with Crippen LogP contribution in [0.15, 0.2) is 0 Å². The third-order valence-corrected chi connectivity index (χ3v) is 3.89. The fraction of sp³-hybridized carbons (Fsp3) is 1.00. The summed E-state index contributed by atoms with van der Waals surface area (Å²) in [6.07, 6.45) is 0.188. The van der Waals surface area contributed by atoms with Gasteiger partial charge in [0.1, 0.15) is 30.5 Å². The summed E-state index contributed by atoms with van der Waals surface area (Å²) in [5, 5.41) is 56.5. The third kappa shape index (κ3) is 9.56. The van der Waals surface area contributed by atoms with E-state index in [1.807, 2.05) is 0 Å². The average molecular weight is 338 g/mol. The third-order valence-electron chi connectivity index (χ3n) is 3.89. The standard InChI is InChI=1S/C16H34O7/c1-2-3-4-5-6-7-8-9-23-16(13(20)11-18)15(22)14(21)12(19)10-17/h12-22H,2-11H2,1H3/t12-,13-,14?,15-,16?/m0/s1. The molecular formula is C16H34O7. The van der Waals surface area contributed by atoms with E-state index in [1.54, 1.807) is 0 Å². The molecule has 0 aliphatic rings. The lowest BCUT2D eigenvalue weighted by Gasteiger charge is -2.31. The molecule has 0 aromatic heterocycles. The molecule has 140 valence electrons. The van der Waals surface area contributed by atoms with Crippen molar-refractivity contribution in [2.24, 2.45) is 0 Å². The molecule has 0 bridgehead atoms. The van der Waals surface area contributed by atoms with E-state index in [2.05, 4.69) is 6.92 Å². The highest BCUT2D eigenvalue weighted by Gasteiger charge is 2.35. The summed E-state index contributed by atoms with van der Waals surface area (Å²) in [7, 11) is 0. The highest BCUT2D eigenvalue weighted by Crippen LogP contribution is 2.14. The molecular weight excluding hydrogens is 304 g/mol. The van der Waals surface area contributed by atoms with E-state index in [-0.39, 0.29) is 6.61 Å². The minimum atomic E-state index is -1.67. The van der Waals surface area contributed by atoms with E-state index < -0.39 is 43.7 Å². The Morgan fingerprint density at radius 1 is 0.696 bits per heavy atom. The molecule has 0 heterocycles. The SMILES string of the molecule is CCCCCCCCCOC([C@@H](O)C(O)[C@@H](O)CO)[C@@H](O)CO. The largest absolute Gasteiger partial charge is 0.394 e. The van der Waals surface area contributed by atoms with Gasteiger partial charge >= 0.3 is 0 Å². The van der Waals surface area contributed by atoms with Crippen molar-refractivity contribution in [3.8, 4) is 0 Å². The monoisotopic (exact) mass is 338 g/mol. The molecule has 0 aromatic carbocycles. The lowest BCUT2D eigenvalue weighted by Crippen LogP contribution is -2.52. The van der Waals surface area contributed by atoms with Crippen molar-refractivity contribution in [1.82, 2.24) is 0 Å². The van der Waals surface area contributed by atoms with Crippen molar-refractivity contribution in [3.63, 3.8) is 0 Å². The van der Waals surface area contributed by atoms with Gasteiger partial charge in [0.25, 0.3) is 0 Å². The van der Waals surface area contributed by atoms with Crippen LogP contribution in [0, 0.1) is 0 Å². The Labute approximate surface area is 138 Å². The van der Waals surface area contributed by atoms with Crippen LogP contribution in [0.5, 0.6) is 0 Å². The van der Waals surface area contributed by atoms with Gasteiger partial charge in [0.15, 0.2) is 0 Å². The van der Waals surface area contributed by atoms with Crippen LogP contribution in [0.3, 0.4) is 0 Å². The zero-order valence-electron chi connectivity index (χ0n) is 14.0. The molecule has 0 fully saturated rings. The van der Waals surface area contributed by atoms with Crippen LogP contribution >= 0.6 is 0 Å². The number of hydrogen-bond donors (Lipinski definition) is 6.